The predicted molar refractivity (Wildman–Crippen MR) is 87.5 cm³/mol. The van der Waals surface area contributed by atoms with Crippen molar-refractivity contribution in [2.45, 2.75) is 26.3 Å². The summed E-state index contributed by atoms with van der Waals surface area (Å²) in [5.74, 6) is 1.15. The van der Waals surface area contributed by atoms with Crippen molar-refractivity contribution in [2.75, 3.05) is 25.6 Å². The van der Waals surface area contributed by atoms with Gasteiger partial charge in [0, 0.05) is 18.7 Å². The Balaban J connectivity index is 2.01. The standard InChI is InChI=1S/C16H22N4O3/c1-5-11(2)17-14(21)10-20(3)16-18-15(19-23-16)12-6-8-13(22-4)9-7-12/h6-9,11H,5,10H2,1-4H3,(H,17,21). The van der Waals surface area contributed by atoms with Crippen molar-refractivity contribution in [3.05, 3.63) is 24.3 Å². The number of hydrogen-bond acceptors (Lipinski definition) is 6. The first-order valence-electron chi connectivity index (χ1n) is 7.52. The van der Waals surface area contributed by atoms with E-state index in [0.717, 1.165) is 17.7 Å². The highest BCUT2D eigenvalue weighted by molar-refractivity contribution is 5.80. The van der Waals surface area contributed by atoms with Crippen LogP contribution in [0, 0.1) is 0 Å². The lowest BCUT2D eigenvalue weighted by Gasteiger charge is -2.16. The molecule has 0 spiro atoms. The molecular weight excluding hydrogens is 296 g/mol. The first kappa shape index (κ1) is 16.8. The zero-order chi connectivity index (χ0) is 16.8. The third-order valence-electron chi connectivity index (χ3n) is 3.49. The number of carbonyl (C=O) groups excluding carboxylic acids is 1. The molecule has 2 rings (SSSR count). The fourth-order valence-electron chi connectivity index (χ4n) is 1.93. The van der Waals surface area contributed by atoms with Gasteiger partial charge in [0.2, 0.25) is 11.7 Å². The van der Waals surface area contributed by atoms with Crippen molar-refractivity contribution in [3.63, 3.8) is 0 Å². The molecule has 0 aliphatic heterocycles. The van der Waals surface area contributed by atoms with Gasteiger partial charge in [-0.3, -0.25) is 4.79 Å². The SMILES string of the molecule is CCC(C)NC(=O)CN(C)c1nc(-c2ccc(OC)cc2)no1. The number of aromatic nitrogens is 2. The van der Waals surface area contributed by atoms with Gasteiger partial charge in [-0.05, 0) is 37.6 Å². The molecule has 1 N–H and O–H groups in total. The summed E-state index contributed by atoms with van der Waals surface area (Å²) in [6.07, 6.45) is 0.887. The summed E-state index contributed by atoms with van der Waals surface area (Å²) in [7, 11) is 3.35. The minimum absolute atomic E-state index is 0.0777. The molecule has 7 nitrogen and oxygen atoms in total. The number of carbonyl (C=O) groups is 1. The van der Waals surface area contributed by atoms with E-state index in [1.807, 2.05) is 38.1 Å². The fraction of sp³-hybridized carbons (Fsp3) is 0.438. The first-order valence-corrected chi connectivity index (χ1v) is 7.52. The molecule has 0 fully saturated rings. The van der Waals surface area contributed by atoms with Crippen molar-refractivity contribution >= 4 is 11.9 Å². The van der Waals surface area contributed by atoms with E-state index >= 15 is 0 Å². The fourth-order valence-corrected chi connectivity index (χ4v) is 1.93. The molecule has 1 atom stereocenters. The summed E-state index contributed by atoms with van der Waals surface area (Å²) < 4.78 is 10.3. The molecule has 0 aliphatic rings. The molecule has 23 heavy (non-hydrogen) atoms. The number of nitrogens with one attached hydrogen (secondary N) is 1. The number of methoxy groups -OCH3 is 1. The highest BCUT2D eigenvalue weighted by Crippen LogP contribution is 2.21. The number of benzene rings is 1. The van der Waals surface area contributed by atoms with Crippen molar-refractivity contribution < 1.29 is 14.1 Å². The molecule has 124 valence electrons. The van der Waals surface area contributed by atoms with Crippen LogP contribution in [0.1, 0.15) is 20.3 Å². The zero-order valence-corrected chi connectivity index (χ0v) is 13.9. The Kier molecular flexibility index (Phi) is 5.56. The number of anilines is 1. The van der Waals surface area contributed by atoms with E-state index in [4.69, 9.17) is 9.26 Å². The van der Waals surface area contributed by atoms with Gasteiger partial charge >= 0.3 is 6.01 Å². The third kappa shape index (κ3) is 4.45. The summed E-state index contributed by atoms with van der Waals surface area (Å²) >= 11 is 0. The van der Waals surface area contributed by atoms with E-state index < -0.39 is 0 Å². The molecule has 1 heterocycles. The summed E-state index contributed by atoms with van der Waals surface area (Å²) in [4.78, 5) is 17.8. The maximum absolute atomic E-state index is 11.9. The molecule has 0 saturated carbocycles. The average molecular weight is 318 g/mol. The molecule has 0 bridgehead atoms. The van der Waals surface area contributed by atoms with Gasteiger partial charge in [-0.25, -0.2) is 0 Å². The van der Waals surface area contributed by atoms with Crippen molar-refractivity contribution in [1.29, 1.82) is 0 Å². The van der Waals surface area contributed by atoms with Gasteiger partial charge in [0.1, 0.15) is 12.3 Å². The Hall–Kier alpha value is -2.57. The van der Waals surface area contributed by atoms with Gasteiger partial charge < -0.3 is 19.5 Å². The van der Waals surface area contributed by atoms with Crippen LogP contribution in [-0.4, -0.2) is 42.8 Å². The molecule has 0 radical (unpaired) electrons. The lowest BCUT2D eigenvalue weighted by Crippen LogP contribution is -2.39. The van der Waals surface area contributed by atoms with Crippen LogP contribution in [0.4, 0.5) is 6.01 Å². The normalized spacial score (nSPS) is 11.8. The molecule has 1 aromatic heterocycles. The van der Waals surface area contributed by atoms with Gasteiger partial charge in [-0.2, -0.15) is 4.98 Å². The van der Waals surface area contributed by atoms with E-state index in [0.29, 0.717) is 11.8 Å². The van der Waals surface area contributed by atoms with Gasteiger partial charge in [0.25, 0.3) is 0 Å². The van der Waals surface area contributed by atoms with E-state index in [2.05, 4.69) is 15.5 Å². The lowest BCUT2D eigenvalue weighted by atomic mass is 10.2. The van der Waals surface area contributed by atoms with Gasteiger partial charge in [0.05, 0.1) is 7.11 Å². The Bertz CT molecular complexity index is 639. The topological polar surface area (TPSA) is 80.5 Å². The first-order chi connectivity index (χ1) is 11.0. The highest BCUT2D eigenvalue weighted by Gasteiger charge is 2.16. The maximum atomic E-state index is 11.9. The van der Waals surface area contributed by atoms with Crippen LogP contribution in [0.3, 0.4) is 0 Å². The van der Waals surface area contributed by atoms with Gasteiger partial charge in [0.15, 0.2) is 0 Å². The Morgan fingerprint density at radius 1 is 1.39 bits per heavy atom. The van der Waals surface area contributed by atoms with Crippen LogP contribution in [-0.2, 0) is 4.79 Å². The molecule has 7 heteroatoms. The second-order valence-electron chi connectivity index (χ2n) is 5.36. The minimum atomic E-state index is -0.0777. The van der Waals surface area contributed by atoms with E-state index in [9.17, 15) is 4.79 Å². The highest BCUT2D eigenvalue weighted by atomic mass is 16.5. The number of rotatable bonds is 7. The molecule has 1 amide bonds. The van der Waals surface area contributed by atoms with Crippen LogP contribution in [0.15, 0.2) is 28.8 Å². The smallest absolute Gasteiger partial charge is 0.324 e. The summed E-state index contributed by atoms with van der Waals surface area (Å²) in [5, 5.41) is 6.84. The summed E-state index contributed by atoms with van der Waals surface area (Å²) in [6, 6.07) is 7.80. The minimum Gasteiger partial charge on any atom is -0.497 e. The number of hydrogen-bond donors (Lipinski definition) is 1. The Morgan fingerprint density at radius 2 is 2.09 bits per heavy atom. The Morgan fingerprint density at radius 3 is 2.70 bits per heavy atom. The summed E-state index contributed by atoms with van der Waals surface area (Å²) in [5.41, 5.74) is 0.818. The van der Waals surface area contributed by atoms with Gasteiger partial charge in [-0.1, -0.05) is 12.1 Å². The van der Waals surface area contributed by atoms with Crippen LogP contribution in [0.5, 0.6) is 5.75 Å². The average Bonchev–Trinajstić information content (AvgIpc) is 3.04. The number of ether oxygens (including phenoxy) is 1. The Labute approximate surface area is 135 Å². The van der Waals surface area contributed by atoms with Crippen LogP contribution < -0.4 is 15.0 Å². The second kappa shape index (κ2) is 7.62. The molecule has 1 unspecified atom stereocenters. The number of likely N-dealkylation sites (N-methyl/N-ethyl adjacent to an activating group) is 1. The third-order valence-corrected chi connectivity index (χ3v) is 3.49. The van der Waals surface area contributed by atoms with E-state index in [1.165, 1.54) is 0 Å². The van der Waals surface area contributed by atoms with Crippen molar-refractivity contribution in [1.82, 2.24) is 15.5 Å². The van der Waals surface area contributed by atoms with E-state index in [1.54, 1.807) is 19.1 Å². The van der Waals surface area contributed by atoms with Crippen molar-refractivity contribution in [3.8, 4) is 17.1 Å². The zero-order valence-electron chi connectivity index (χ0n) is 13.9. The van der Waals surface area contributed by atoms with E-state index in [-0.39, 0.29) is 18.5 Å². The van der Waals surface area contributed by atoms with Crippen LogP contribution in [0.25, 0.3) is 11.4 Å². The molecule has 1 aromatic carbocycles. The number of amides is 1. The summed E-state index contributed by atoms with van der Waals surface area (Å²) in [6.45, 7) is 4.15. The van der Waals surface area contributed by atoms with Crippen molar-refractivity contribution in [2.24, 2.45) is 0 Å². The lowest BCUT2D eigenvalue weighted by molar-refractivity contribution is -0.120. The maximum Gasteiger partial charge on any atom is 0.324 e. The molecule has 2 aromatic rings. The molecular formula is C16H22N4O3. The van der Waals surface area contributed by atoms with Gasteiger partial charge in [-0.15, -0.1) is 0 Å². The largest absolute Gasteiger partial charge is 0.497 e. The number of nitrogens with zero attached hydrogens (tertiary/aromatic N) is 3. The predicted octanol–water partition coefficient (Wildman–Crippen LogP) is 2.10. The van der Waals surface area contributed by atoms with Crippen LogP contribution >= 0.6 is 0 Å². The molecule has 0 saturated heterocycles. The quantitative estimate of drug-likeness (QED) is 0.842. The monoisotopic (exact) mass is 318 g/mol. The second-order valence-corrected chi connectivity index (χ2v) is 5.36. The molecule has 0 aliphatic carbocycles. The van der Waals surface area contributed by atoms with Crippen LogP contribution in [0.2, 0.25) is 0 Å².